The van der Waals surface area contributed by atoms with E-state index in [0.717, 1.165) is 30.8 Å². The molecule has 0 aromatic heterocycles. The van der Waals surface area contributed by atoms with Gasteiger partial charge in [-0.15, -0.1) is 0 Å². The molecule has 1 atom stereocenters. The minimum absolute atomic E-state index is 0.0454. The first-order valence-corrected chi connectivity index (χ1v) is 12.2. The van der Waals surface area contributed by atoms with Crippen LogP contribution >= 0.6 is 11.6 Å². The van der Waals surface area contributed by atoms with E-state index in [-0.39, 0.29) is 33.5 Å². The van der Waals surface area contributed by atoms with Crippen LogP contribution < -0.4 is 14.4 Å². The molecule has 31 heavy (non-hydrogen) atoms. The summed E-state index contributed by atoms with van der Waals surface area (Å²) in [5.74, 6) is 0.512. The van der Waals surface area contributed by atoms with E-state index < -0.39 is 10.0 Å². The number of para-hydroxylation sites is 2. The molecule has 2 aromatic rings. The fourth-order valence-electron chi connectivity index (χ4n) is 3.71. The molecule has 7 nitrogen and oxygen atoms in total. The molecule has 1 aliphatic carbocycles. The monoisotopic (exact) mass is 463 g/mol. The Kier molecular flexibility index (Phi) is 6.14. The predicted molar refractivity (Wildman–Crippen MR) is 121 cm³/mol. The van der Waals surface area contributed by atoms with Gasteiger partial charge in [0.15, 0.2) is 0 Å². The third-order valence-electron chi connectivity index (χ3n) is 5.50. The Labute approximate surface area is 188 Å². The van der Waals surface area contributed by atoms with E-state index in [9.17, 15) is 13.2 Å². The molecule has 1 N–H and O–H groups in total. The lowest BCUT2D eigenvalue weighted by molar-refractivity contribution is 0.0709. The molecular formula is C22H26ClN3O4S. The molecule has 2 aromatic carbocycles. The zero-order valence-corrected chi connectivity index (χ0v) is 19.1. The van der Waals surface area contributed by atoms with Gasteiger partial charge in [0.05, 0.1) is 23.8 Å². The second-order valence-corrected chi connectivity index (χ2v) is 10.1. The molecule has 1 saturated carbocycles. The van der Waals surface area contributed by atoms with Crippen molar-refractivity contribution in [2.75, 3.05) is 31.6 Å². The molecule has 1 amide bonds. The highest BCUT2D eigenvalue weighted by atomic mass is 35.5. The van der Waals surface area contributed by atoms with Crippen molar-refractivity contribution in [1.82, 2.24) is 9.62 Å². The molecule has 0 spiro atoms. The Morgan fingerprint density at radius 2 is 2.00 bits per heavy atom. The number of likely N-dealkylation sites (N-methyl/N-ethyl adjacent to an activating group) is 2. The Balaban J connectivity index is 1.49. The number of rotatable bonds is 7. The van der Waals surface area contributed by atoms with Crippen LogP contribution in [0.5, 0.6) is 5.75 Å². The van der Waals surface area contributed by atoms with Gasteiger partial charge in [-0.2, -0.15) is 0 Å². The quantitative estimate of drug-likeness (QED) is 0.682. The third-order valence-corrected chi connectivity index (χ3v) is 7.50. The molecule has 1 fully saturated rings. The SMILES string of the molecule is CCN1CC(CN(C)C(=O)c2ccc(Cl)c(S(=O)(=O)NC3CC3)c2)Oc2ccccc21. The topological polar surface area (TPSA) is 79.0 Å². The molecule has 1 aliphatic heterocycles. The van der Waals surface area contributed by atoms with E-state index in [2.05, 4.69) is 16.5 Å². The van der Waals surface area contributed by atoms with Crippen LogP contribution in [0.15, 0.2) is 47.4 Å². The van der Waals surface area contributed by atoms with E-state index in [1.165, 1.54) is 12.1 Å². The standard InChI is InChI=1S/C22H26ClN3O4S/c1-3-26-14-17(30-20-7-5-4-6-19(20)26)13-25(2)22(27)15-8-11-18(23)21(12-15)31(28,29)24-16-9-10-16/h4-8,11-12,16-17,24H,3,9-10,13-14H2,1-2H3. The molecule has 1 unspecified atom stereocenters. The van der Waals surface area contributed by atoms with Gasteiger partial charge in [0.25, 0.3) is 5.91 Å². The molecule has 9 heteroatoms. The number of halogens is 1. The Morgan fingerprint density at radius 1 is 1.26 bits per heavy atom. The van der Waals surface area contributed by atoms with Gasteiger partial charge in [-0.25, -0.2) is 13.1 Å². The number of sulfonamides is 1. The van der Waals surface area contributed by atoms with Crippen molar-refractivity contribution >= 4 is 33.2 Å². The van der Waals surface area contributed by atoms with Crippen molar-refractivity contribution in [2.24, 2.45) is 0 Å². The van der Waals surface area contributed by atoms with Crippen molar-refractivity contribution in [1.29, 1.82) is 0 Å². The highest BCUT2D eigenvalue weighted by Gasteiger charge is 2.31. The van der Waals surface area contributed by atoms with Gasteiger partial charge in [0.1, 0.15) is 16.7 Å². The predicted octanol–water partition coefficient (Wildman–Crippen LogP) is 3.14. The maximum Gasteiger partial charge on any atom is 0.253 e. The zero-order valence-electron chi connectivity index (χ0n) is 17.5. The Morgan fingerprint density at radius 3 is 2.71 bits per heavy atom. The maximum absolute atomic E-state index is 13.0. The Hall–Kier alpha value is -2.29. The van der Waals surface area contributed by atoms with Crippen molar-refractivity contribution in [3.05, 3.63) is 53.1 Å². The van der Waals surface area contributed by atoms with Crippen LogP contribution in [0.1, 0.15) is 30.1 Å². The average molecular weight is 464 g/mol. The Bertz CT molecular complexity index is 1090. The summed E-state index contributed by atoms with van der Waals surface area (Å²) in [4.78, 5) is 16.7. The number of nitrogens with zero attached hydrogens (tertiary/aromatic N) is 2. The fourth-order valence-corrected chi connectivity index (χ4v) is 5.54. The van der Waals surface area contributed by atoms with Crippen LogP contribution in [0, 0.1) is 0 Å². The summed E-state index contributed by atoms with van der Waals surface area (Å²) in [5.41, 5.74) is 1.32. The van der Waals surface area contributed by atoms with Crippen molar-refractivity contribution in [3.63, 3.8) is 0 Å². The number of carbonyl (C=O) groups is 1. The van der Waals surface area contributed by atoms with Crippen LogP contribution in [0.3, 0.4) is 0 Å². The minimum Gasteiger partial charge on any atom is -0.485 e. The van der Waals surface area contributed by atoms with Gasteiger partial charge in [0, 0.05) is 25.2 Å². The van der Waals surface area contributed by atoms with Crippen molar-refractivity contribution in [2.45, 2.75) is 36.8 Å². The number of ether oxygens (including phenoxy) is 1. The van der Waals surface area contributed by atoms with E-state index in [0.29, 0.717) is 13.1 Å². The molecule has 0 bridgehead atoms. The van der Waals surface area contributed by atoms with E-state index in [1.807, 2.05) is 24.3 Å². The van der Waals surface area contributed by atoms with Crippen molar-refractivity contribution < 1.29 is 17.9 Å². The van der Waals surface area contributed by atoms with Crippen LogP contribution in [0.4, 0.5) is 5.69 Å². The first kappa shape index (κ1) is 21.9. The van der Waals surface area contributed by atoms with E-state index >= 15 is 0 Å². The first-order chi connectivity index (χ1) is 14.8. The highest BCUT2D eigenvalue weighted by molar-refractivity contribution is 7.89. The maximum atomic E-state index is 13.0. The van der Waals surface area contributed by atoms with Crippen LogP contribution in [0.25, 0.3) is 0 Å². The summed E-state index contributed by atoms with van der Waals surface area (Å²) in [6, 6.07) is 12.2. The summed E-state index contributed by atoms with van der Waals surface area (Å²) in [5, 5.41) is 0.0955. The highest BCUT2D eigenvalue weighted by Crippen LogP contribution is 2.33. The number of amides is 1. The first-order valence-electron chi connectivity index (χ1n) is 10.4. The van der Waals surface area contributed by atoms with Gasteiger partial charge < -0.3 is 14.5 Å². The summed E-state index contributed by atoms with van der Waals surface area (Å²) in [6.07, 6.45) is 1.44. The largest absolute Gasteiger partial charge is 0.485 e. The van der Waals surface area contributed by atoms with Gasteiger partial charge in [-0.05, 0) is 50.1 Å². The zero-order chi connectivity index (χ0) is 22.2. The summed E-state index contributed by atoms with van der Waals surface area (Å²) >= 11 is 6.13. The van der Waals surface area contributed by atoms with E-state index in [1.54, 1.807) is 18.0 Å². The number of anilines is 1. The third kappa shape index (κ3) is 4.81. The second-order valence-electron chi connectivity index (χ2n) is 7.97. The van der Waals surface area contributed by atoms with Gasteiger partial charge in [-0.1, -0.05) is 23.7 Å². The van der Waals surface area contributed by atoms with Crippen LogP contribution in [-0.2, 0) is 10.0 Å². The number of hydrogen-bond acceptors (Lipinski definition) is 5. The van der Waals surface area contributed by atoms with Gasteiger partial charge >= 0.3 is 0 Å². The fraction of sp³-hybridized carbons (Fsp3) is 0.409. The molecule has 0 saturated heterocycles. The van der Waals surface area contributed by atoms with Crippen LogP contribution in [0.2, 0.25) is 5.02 Å². The van der Waals surface area contributed by atoms with Crippen molar-refractivity contribution in [3.8, 4) is 5.75 Å². The molecule has 2 aliphatic rings. The number of nitrogens with one attached hydrogen (secondary N) is 1. The summed E-state index contributed by atoms with van der Waals surface area (Å²) < 4.78 is 33.9. The molecule has 0 radical (unpaired) electrons. The molecule has 1 heterocycles. The van der Waals surface area contributed by atoms with Gasteiger partial charge in [0.2, 0.25) is 10.0 Å². The molecule has 166 valence electrons. The summed E-state index contributed by atoms with van der Waals surface area (Å²) in [7, 11) is -2.08. The normalized spacial score (nSPS) is 18.3. The lowest BCUT2D eigenvalue weighted by Crippen LogP contribution is -2.46. The molecule has 4 rings (SSSR count). The number of benzene rings is 2. The lowest BCUT2D eigenvalue weighted by Gasteiger charge is -2.37. The second kappa shape index (κ2) is 8.68. The average Bonchev–Trinajstić information content (AvgIpc) is 3.56. The summed E-state index contributed by atoms with van der Waals surface area (Å²) in [6.45, 7) is 3.95. The van der Waals surface area contributed by atoms with Gasteiger partial charge in [-0.3, -0.25) is 4.79 Å². The number of carbonyl (C=O) groups excluding carboxylic acids is 1. The number of fused-ring (bicyclic) bond motifs is 1. The van der Waals surface area contributed by atoms with Crippen LogP contribution in [-0.4, -0.2) is 58.1 Å². The van der Waals surface area contributed by atoms with E-state index in [4.69, 9.17) is 16.3 Å². The lowest BCUT2D eigenvalue weighted by atomic mass is 10.1. The number of hydrogen-bond donors (Lipinski definition) is 1. The molecular weight excluding hydrogens is 438 g/mol. The minimum atomic E-state index is -3.76. The smallest absolute Gasteiger partial charge is 0.253 e.